The number of hydrogen-bond donors (Lipinski definition) is 0. The topological polar surface area (TPSA) is 100 Å². The van der Waals surface area contributed by atoms with Gasteiger partial charge in [-0.2, -0.15) is 10.5 Å². The van der Waals surface area contributed by atoms with Crippen LogP contribution in [0.1, 0.15) is 33.1 Å². The quantitative estimate of drug-likeness (QED) is 0.581. The number of esters is 2. The first-order valence-corrected chi connectivity index (χ1v) is 7.88. The number of fused-ring (bicyclic) bond motifs is 1. The van der Waals surface area contributed by atoms with Gasteiger partial charge in [0.05, 0.1) is 31.3 Å². The van der Waals surface area contributed by atoms with Crippen molar-refractivity contribution in [3.05, 3.63) is 11.6 Å². The molecule has 0 bridgehead atoms. The summed E-state index contributed by atoms with van der Waals surface area (Å²) in [5.74, 6) is -1.67. The monoisotopic (exact) mass is 316 g/mol. The van der Waals surface area contributed by atoms with Crippen LogP contribution in [-0.2, 0) is 19.1 Å². The second-order valence-corrected chi connectivity index (χ2v) is 6.01. The molecule has 0 radical (unpaired) electrons. The van der Waals surface area contributed by atoms with E-state index in [0.29, 0.717) is 18.4 Å². The fourth-order valence-electron chi connectivity index (χ4n) is 3.67. The third-order valence-corrected chi connectivity index (χ3v) is 4.73. The third-order valence-electron chi connectivity index (χ3n) is 4.73. The van der Waals surface area contributed by atoms with Crippen molar-refractivity contribution in [1.82, 2.24) is 0 Å². The number of nitriles is 2. The highest BCUT2D eigenvalue weighted by atomic mass is 16.6. The number of rotatable bonds is 4. The summed E-state index contributed by atoms with van der Waals surface area (Å²) < 4.78 is 10.2. The van der Waals surface area contributed by atoms with Gasteiger partial charge in [0.25, 0.3) is 0 Å². The van der Waals surface area contributed by atoms with E-state index >= 15 is 0 Å². The number of ether oxygens (including phenoxy) is 2. The van der Waals surface area contributed by atoms with Crippen LogP contribution in [0.2, 0.25) is 0 Å². The molecule has 6 nitrogen and oxygen atoms in total. The summed E-state index contributed by atoms with van der Waals surface area (Å²) in [7, 11) is 0. The zero-order valence-electron chi connectivity index (χ0n) is 13.4. The minimum Gasteiger partial charge on any atom is -0.465 e. The Morgan fingerprint density at radius 3 is 2.30 bits per heavy atom. The first kappa shape index (κ1) is 17.0. The Morgan fingerprint density at radius 1 is 1.22 bits per heavy atom. The maximum Gasteiger partial charge on any atom is 0.323 e. The van der Waals surface area contributed by atoms with Crippen molar-refractivity contribution in [3.8, 4) is 12.1 Å². The van der Waals surface area contributed by atoms with Crippen LogP contribution < -0.4 is 0 Å². The zero-order chi connectivity index (χ0) is 17.0. The number of allylic oxidation sites excluding steroid dienone is 2. The molecule has 0 spiro atoms. The third kappa shape index (κ3) is 2.94. The van der Waals surface area contributed by atoms with E-state index in [-0.39, 0.29) is 31.5 Å². The van der Waals surface area contributed by atoms with Crippen molar-refractivity contribution in [1.29, 1.82) is 10.5 Å². The predicted octanol–water partition coefficient (Wildman–Crippen LogP) is 2.12. The molecule has 0 aliphatic heterocycles. The summed E-state index contributed by atoms with van der Waals surface area (Å²) in [5, 5.41) is 18.4. The average molecular weight is 316 g/mol. The van der Waals surface area contributed by atoms with E-state index in [4.69, 9.17) is 9.47 Å². The van der Waals surface area contributed by atoms with Gasteiger partial charge in [0.15, 0.2) is 5.41 Å². The van der Waals surface area contributed by atoms with E-state index in [1.807, 2.05) is 0 Å². The van der Waals surface area contributed by atoms with E-state index in [2.05, 4.69) is 12.1 Å². The number of nitrogens with zero attached hydrogens (tertiary/aromatic N) is 2. The summed E-state index contributed by atoms with van der Waals surface area (Å²) in [6, 6.07) is 4.19. The fraction of sp³-hybridized carbons (Fsp3) is 0.647. The summed E-state index contributed by atoms with van der Waals surface area (Å²) in [6.45, 7) is 3.77. The van der Waals surface area contributed by atoms with Crippen LogP contribution in [0.25, 0.3) is 0 Å². The van der Waals surface area contributed by atoms with Gasteiger partial charge >= 0.3 is 11.9 Å². The molecule has 122 valence electrons. The minimum absolute atomic E-state index is 0.00515. The van der Waals surface area contributed by atoms with E-state index < -0.39 is 23.3 Å². The second-order valence-electron chi connectivity index (χ2n) is 6.01. The van der Waals surface area contributed by atoms with Crippen molar-refractivity contribution in [3.63, 3.8) is 0 Å². The van der Waals surface area contributed by atoms with E-state index in [1.54, 1.807) is 19.9 Å². The molecule has 0 N–H and O–H groups in total. The lowest BCUT2D eigenvalue weighted by molar-refractivity contribution is -0.172. The van der Waals surface area contributed by atoms with Gasteiger partial charge in [-0.15, -0.1) is 0 Å². The van der Waals surface area contributed by atoms with Crippen LogP contribution in [0.4, 0.5) is 0 Å². The van der Waals surface area contributed by atoms with Gasteiger partial charge in [-0.05, 0) is 44.9 Å². The minimum atomic E-state index is -1.32. The van der Waals surface area contributed by atoms with Gasteiger partial charge in [0.1, 0.15) is 0 Å². The maximum absolute atomic E-state index is 12.5. The van der Waals surface area contributed by atoms with Crippen molar-refractivity contribution in [2.24, 2.45) is 23.2 Å². The number of hydrogen-bond acceptors (Lipinski definition) is 6. The van der Waals surface area contributed by atoms with Crippen LogP contribution >= 0.6 is 0 Å². The Labute approximate surface area is 135 Å². The van der Waals surface area contributed by atoms with Crippen LogP contribution in [0.3, 0.4) is 0 Å². The molecule has 0 heterocycles. The Hall–Kier alpha value is -2.34. The first-order chi connectivity index (χ1) is 11.0. The molecule has 2 aliphatic rings. The smallest absolute Gasteiger partial charge is 0.323 e. The van der Waals surface area contributed by atoms with E-state index in [1.165, 1.54) is 0 Å². The molecule has 1 fully saturated rings. The van der Waals surface area contributed by atoms with Crippen molar-refractivity contribution in [2.45, 2.75) is 33.1 Å². The molecule has 3 atom stereocenters. The van der Waals surface area contributed by atoms with Crippen LogP contribution in [-0.4, -0.2) is 25.2 Å². The summed E-state index contributed by atoms with van der Waals surface area (Å²) in [4.78, 5) is 24.9. The maximum atomic E-state index is 12.5. The molecule has 2 aliphatic carbocycles. The fourth-order valence-corrected chi connectivity index (χ4v) is 3.67. The van der Waals surface area contributed by atoms with Crippen LogP contribution in [0.15, 0.2) is 11.6 Å². The summed E-state index contributed by atoms with van der Waals surface area (Å²) >= 11 is 0. The Balaban J connectivity index is 2.34. The highest BCUT2D eigenvalue weighted by Gasteiger charge is 2.58. The molecular formula is C17H20N2O4. The molecule has 2 rings (SSSR count). The first-order valence-electron chi connectivity index (χ1n) is 7.88. The summed E-state index contributed by atoms with van der Waals surface area (Å²) in [5.41, 5.74) is -0.889. The van der Waals surface area contributed by atoms with Gasteiger partial charge in [-0.1, -0.05) is 6.08 Å². The average Bonchev–Trinajstić information content (AvgIpc) is 2.93. The lowest BCUT2D eigenvalue weighted by Crippen LogP contribution is -2.40. The lowest BCUT2D eigenvalue weighted by Gasteiger charge is -2.25. The van der Waals surface area contributed by atoms with Gasteiger partial charge in [-0.3, -0.25) is 9.59 Å². The van der Waals surface area contributed by atoms with Gasteiger partial charge in [0, 0.05) is 5.57 Å². The molecular weight excluding hydrogens is 296 g/mol. The number of carbonyl (C=O) groups excluding carboxylic acids is 2. The van der Waals surface area contributed by atoms with Crippen LogP contribution in [0.5, 0.6) is 0 Å². The van der Waals surface area contributed by atoms with Gasteiger partial charge in [0.2, 0.25) is 0 Å². The standard InChI is InChI=1S/C17H20N2O4/c1-3-22-15(20)17(16(21)23-4-2)7-11-5-13(9-18)14(10-19)6-12(11)8-17/h5,11-12,14H,3-4,6-8H2,1-2H3. The Bertz CT molecular complexity index is 593. The molecule has 0 aromatic rings. The molecule has 0 aromatic heterocycles. The Kier molecular flexibility index (Phi) is 5.05. The molecule has 3 unspecified atom stereocenters. The van der Waals surface area contributed by atoms with E-state index in [0.717, 1.165) is 0 Å². The largest absolute Gasteiger partial charge is 0.465 e. The second kappa shape index (κ2) is 6.83. The van der Waals surface area contributed by atoms with Crippen molar-refractivity contribution < 1.29 is 19.1 Å². The Morgan fingerprint density at radius 2 is 1.83 bits per heavy atom. The normalized spacial score (nSPS) is 27.8. The van der Waals surface area contributed by atoms with Crippen molar-refractivity contribution >= 4 is 11.9 Å². The highest BCUT2D eigenvalue weighted by molar-refractivity contribution is 6.00. The predicted molar refractivity (Wildman–Crippen MR) is 79.3 cm³/mol. The molecule has 0 saturated heterocycles. The SMILES string of the molecule is CCOC(=O)C1(C(=O)OCC)CC2C=C(C#N)C(C#N)CC2C1. The van der Waals surface area contributed by atoms with Crippen LogP contribution in [0, 0.1) is 45.8 Å². The zero-order valence-corrected chi connectivity index (χ0v) is 13.4. The molecule has 1 saturated carbocycles. The lowest BCUT2D eigenvalue weighted by atomic mass is 9.77. The number of carbonyl (C=O) groups is 2. The van der Waals surface area contributed by atoms with Gasteiger partial charge in [-0.25, -0.2) is 0 Å². The molecule has 0 amide bonds. The molecule has 6 heteroatoms. The van der Waals surface area contributed by atoms with Crippen molar-refractivity contribution in [2.75, 3.05) is 13.2 Å². The highest BCUT2D eigenvalue weighted by Crippen LogP contribution is 2.53. The van der Waals surface area contributed by atoms with Gasteiger partial charge < -0.3 is 9.47 Å². The molecule has 23 heavy (non-hydrogen) atoms. The summed E-state index contributed by atoms with van der Waals surface area (Å²) in [6.07, 6.45) is 2.82. The van der Waals surface area contributed by atoms with E-state index in [9.17, 15) is 20.1 Å². The molecule has 0 aromatic carbocycles.